The first-order chi connectivity index (χ1) is 21.2. The highest BCUT2D eigenvalue weighted by molar-refractivity contribution is 9.10. The summed E-state index contributed by atoms with van der Waals surface area (Å²) in [4.78, 5) is 18.3. The van der Waals surface area contributed by atoms with E-state index in [9.17, 15) is 0 Å². The number of rotatable bonds is 10. The summed E-state index contributed by atoms with van der Waals surface area (Å²) in [6.07, 6.45) is -0.0110. The Balaban J connectivity index is 2.25. The summed E-state index contributed by atoms with van der Waals surface area (Å²) in [5.41, 5.74) is 1.41. The molecule has 2 aromatic rings. The van der Waals surface area contributed by atoms with Crippen LogP contribution in [0.2, 0.25) is 72.5 Å². The van der Waals surface area contributed by atoms with Crippen molar-refractivity contribution in [1.29, 1.82) is 0 Å². The molecule has 0 spiro atoms. The van der Waals surface area contributed by atoms with Crippen molar-refractivity contribution in [3.05, 3.63) is 11.1 Å². The number of hydrogen-bond acceptors (Lipinski definition) is 8. The molecule has 4 atom stereocenters. The highest BCUT2D eigenvalue weighted by Gasteiger charge is 2.55. The molecule has 48 heavy (non-hydrogen) atoms. The molecular formula is C34H68BrN5O4Si4. The maximum atomic E-state index is 7.41. The lowest BCUT2D eigenvalue weighted by molar-refractivity contribution is -0.0480. The summed E-state index contributed by atoms with van der Waals surface area (Å²) in [5, 5.41) is 0.140. The number of nitrogens with zero attached hydrogens (tertiary/aromatic N) is 4. The number of hydrogen-bond donors (Lipinski definition) is 1. The molecule has 0 saturated carbocycles. The van der Waals surface area contributed by atoms with Crippen LogP contribution in [0.5, 0.6) is 0 Å². The van der Waals surface area contributed by atoms with Crippen LogP contribution in [0.25, 0.3) is 11.2 Å². The van der Waals surface area contributed by atoms with E-state index in [4.69, 9.17) is 33.0 Å². The lowest BCUT2D eigenvalue weighted by Gasteiger charge is -2.44. The van der Waals surface area contributed by atoms with Crippen LogP contribution >= 0.6 is 15.9 Å². The molecule has 1 N–H and O–H groups in total. The Morgan fingerprint density at radius 3 is 1.67 bits per heavy atom. The van der Waals surface area contributed by atoms with Crippen LogP contribution in [0, 0.1) is 0 Å². The third-order valence-corrected chi connectivity index (χ3v) is 30.8. The molecule has 0 radical (unpaired) electrons. The molecule has 1 aliphatic heterocycles. The number of fused-ring (bicyclic) bond motifs is 1. The van der Waals surface area contributed by atoms with Crippen LogP contribution < -0.4 is 4.98 Å². The maximum absolute atomic E-state index is 7.41. The second-order valence-electron chi connectivity index (χ2n) is 20.0. The van der Waals surface area contributed by atoms with Gasteiger partial charge in [0.1, 0.15) is 30.5 Å². The molecule has 2 aromatic heterocycles. The number of imidazole rings is 1. The Hall–Kier alpha value is -0.462. The number of anilines is 1. The third kappa shape index (κ3) is 8.59. The first kappa shape index (κ1) is 42.0. The zero-order valence-electron chi connectivity index (χ0n) is 33.9. The molecule has 1 fully saturated rings. The van der Waals surface area contributed by atoms with Gasteiger partial charge < -0.3 is 23.0 Å². The van der Waals surface area contributed by atoms with E-state index in [2.05, 4.69) is 161 Å². The first-order valence-electron chi connectivity index (χ1n) is 17.6. The van der Waals surface area contributed by atoms with Crippen molar-refractivity contribution < 1.29 is 18.0 Å². The van der Waals surface area contributed by atoms with Gasteiger partial charge in [0.2, 0.25) is 0 Å². The minimum absolute atomic E-state index is 0.00270. The summed E-state index contributed by atoms with van der Waals surface area (Å²) >= 11 is 3.84. The fourth-order valence-corrected chi connectivity index (χ4v) is 9.86. The molecule has 1 saturated heterocycles. The smallest absolute Gasteiger partial charge is 0.192 e. The van der Waals surface area contributed by atoms with Crippen molar-refractivity contribution in [3.8, 4) is 0 Å². The normalized spacial score (nSPS) is 22.5. The average molecular weight is 803 g/mol. The van der Waals surface area contributed by atoms with E-state index in [1.807, 2.05) is 0 Å². The number of nitrogens with one attached hydrogen (secondary N) is 1. The monoisotopic (exact) mass is 801 g/mol. The zero-order valence-corrected chi connectivity index (χ0v) is 39.5. The molecule has 0 amide bonds. The number of halogens is 1. The molecule has 0 unspecified atom stereocenters. The predicted octanol–water partition coefficient (Wildman–Crippen LogP) is 10.7. The van der Waals surface area contributed by atoms with Gasteiger partial charge in [0.05, 0.1) is 6.61 Å². The van der Waals surface area contributed by atoms with Gasteiger partial charge in [0, 0.05) is 0 Å². The van der Waals surface area contributed by atoms with E-state index in [0.29, 0.717) is 22.5 Å². The zero-order chi connectivity index (χ0) is 37.3. The summed E-state index contributed by atoms with van der Waals surface area (Å²) in [6, 6.07) is 0. The quantitative estimate of drug-likeness (QED) is 0.188. The third-order valence-electron chi connectivity index (χ3n) is 12.2. The lowest BCUT2D eigenvalue weighted by Crippen LogP contribution is -2.54. The van der Waals surface area contributed by atoms with Gasteiger partial charge in [-0.3, -0.25) is 4.57 Å². The highest BCUT2D eigenvalue weighted by Crippen LogP contribution is 2.48. The fraction of sp³-hybridized carbons (Fsp3) is 0.853. The minimum atomic E-state index is -2.32. The van der Waals surface area contributed by atoms with E-state index in [1.54, 1.807) is 6.33 Å². The summed E-state index contributed by atoms with van der Waals surface area (Å²) in [6.45, 7) is 46.2. The predicted molar refractivity (Wildman–Crippen MR) is 215 cm³/mol. The molecule has 0 bridgehead atoms. The van der Waals surface area contributed by atoms with Gasteiger partial charge >= 0.3 is 0 Å². The minimum Gasteiger partial charge on any atom is -0.414 e. The standard InChI is InChI=1S/C34H68BrN5O4Si4/c1-31(2,3)45(13,14)39-27-24-28(37-22-36-27)40(30(35)38-24)29-26(44-48(19,20)34(10,11)12)25(43-47(17,18)33(7,8)9)23(42-29)21-41-46(15,16)32(4,5)6/h22-23,25-26,29H,21H2,1-20H3,(H,36,37,39)/t23-,25-,26-,29-/m1/s1. The summed E-state index contributed by atoms with van der Waals surface area (Å²) < 4.78 is 31.5. The molecule has 0 aromatic carbocycles. The topological polar surface area (TPSA) is 92.6 Å². The molecule has 0 aliphatic carbocycles. The Morgan fingerprint density at radius 1 is 0.729 bits per heavy atom. The Morgan fingerprint density at radius 2 is 1.21 bits per heavy atom. The van der Waals surface area contributed by atoms with Crippen molar-refractivity contribution in [1.82, 2.24) is 19.5 Å². The number of ether oxygens (including phenoxy) is 1. The van der Waals surface area contributed by atoms with Crippen molar-refractivity contribution in [3.63, 3.8) is 0 Å². The van der Waals surface area contributed by atoms with Crippen molar-refractivity contribution in [2.45, 2.75) is 180 Å². The van der Waals surface area contributed by atoms with Crippen LogP contribution in [0.15, 0.2) is 11.1 Å². The molecule has 1 aliphatic rings. The van der Waals surface area contributed by atoms with Crippen LogP contribution in [-0.4, -0.2) is 77.6 Å². The van der Waals surface area contributed by atoms with Crippen LogP contribution in [0.4, 0.5) is 5.82 Å². The second-order valence-corrected chi connectivity index (χ2v) is 40.0. The summed E-state index contributed by atoms with van der Waals surface area (Å²) in [5.74, 6) is 0.748. The van der Waals surface area contributed by atoms with Gasteiger partial charge in [-0.15, -0.1) is 0 Å². The molecular weight excluding hydrogens is 735 g/mol. The van der Waals surface area contributed by atoms with Gasteiger partial charge in [-0.25, -0.2) is 15.0 Å². The molecule has 3 rings (SSSR count). The van der Waals surface area contributed by atoms with Crippen LogP contribution in [0.3, 0.4) is 0 Å². The van der Waals surface area contributed by atoms with Crippen molar-refractivity contribution in [2.75, 3.05) is 11.6 Å². The fourth-order valence-electron chi connectivity index (χ4n) is 4.54. The van der Waals surface area contributed by atoms with Gasteiger partial charge in [0.15, 0.2) is 55.3 Å². The van der Waals surface area contributed by atoms with E-state index in [1.165, 1.54) is 0 Å². The largest absolute Gasteiger partial charge is 0.414 e. The van der Waals surface area contributed by atoms with E-state index in [0.717, 1.165) is 5.82 Å². The van der Waals surface area contributed by atoms with E-state index >= 15 is 0 Å². The highest BCUT2D eigenvalue weighted by atomic mass is 79.9. The average Bonchev–Trinajstić information content (AvgIpc) is 3.36. The van der Waals surface area contributed by atoms with Crippen molar-refractivity contribution in [2.24, 2.45) is 0 Å². The SMILES string of the molecule is CC(C)(C)[Si](C)(C)Nc1ncnc2c1nc(Br)n2[C@@H]1O[C@H](CO[Si](C)(C)C(C)(C)C)[C@@H](O[Si](C)(C)C(C)(C)C)[C@H]1O[Si](C)(C)C(C)(C)C. The second kappa shape index (κ2) is 13.5. The van der Waals surface area contributed by atoms with Crippen LogP contribution in [-0.2, 0) is 18.0 Å². The van der Waals surface area contributed by atoms with Crippen molar-refractivity contribution >= 4 is 66.1 Å². The first-order valence-corrected chi connectivity index (χ1v) is 30.1. The Bertz CT molecular complexity index is 1440. The van der Waals surface area contributed by atoms with Gasteiger partial charge in [0.25, 0.3) is 0 Å². The number of aromatic nitrogens is 4. The van der Waals surface area contributed by atoms with Gasteiger partial charge in [-0.1, -0.05) is 96.2 Å². The maximum Gasteiger partial charge on any atom is 0.192 e. The molecule has 276 valence electrons. The van der Waals surface area contributed by atoms with Crippen LogP contribution in [0.1, 0.15) is 89.3 Å². The molecule has 14 heteroatoms. The van der Waals surface area contributed by atoms with E-state index < -0.39 is 45.5 Å². The summed E-state index contributed by atoms with van der Waals surface area (Å²) in [7, 11) is -8.66. The molecule has 3 heterocycles. The van der Waals surface area contributed by atoms with Gasteiger partial charge in [-0.05, 0) is 75.4 Å². The van der Waals surface area contributed by atoms with Gasteiger partial charge in [-0.2, -0.15) is 0 Å². The lowest BCUT2D eigenvalue weighted by atomic mass is 10.1. The Kier molecular flexibility index (Phi) is 11.8. The Labute approximate surface area is 305 Å². The van der Waals surface area contributed by atoms with E-state index in [-0.39, 0.29) is 32.4 Å². The molecule has 9 nitrogen and oxygen atoms in total.